The topological polar surface area (TPSA) is 106 Å². The first-order valence-corrected chi connectivity index (χ1v) is 6.33. The predicted octanol–water partition coefficient (Wildman–Crippen LogP) is 0.327. The Bertz CT molecular complexity index is 662. The lowest BCUT2D eigenvalue weighted by Crippen LogP contribution is -2.49. The minimum atomic E-state index is -2.46. The quantitative estimate of drug-likeness (QED) is 0.368. The number of rotatable bonds is 4. The van der Waals surface area contributed by atoms with Crippen molar-refractivity contribution in [3.63, 3.8) is 0 Å². The molecule has 0 bridgehead atoms. The second-order valence-corrected chi connectivity index (χ2v) is 5.00. The van der Waals surface area contributed by atoms with Gasteiger partial charge in [-0.05, 0) is 26.2 Å². The molecule has 7 heteroatoms. The number of carbonyl (C=O) groups excluding carboxylic acids is 1. The molecule has 0 saturated heterocycles. The monoisotopic (exact) mass is 294 g/mol. The highest BCUT2D eigenvalue weighted by Crippen LogP contribution is 2.36. The van der Waals surface area contributed by atoms with Gasteiger partial charge in [-0.3, -0.25) is 9.69 Å². The molecule has 21 heavy (non-hydrogen) atoms. The lowest BCUT2D eigenvalue weighted by atomic mass is 10.0. The van der Waals surface area contributed by atoms with Crippen molar-refractivity contribution in [1.29, 1.82) is 0 Å². The third-order valence-electron chi connectivity index (χ3n) is 3.27. The van der Waals surface area contributed by atoms with Crippen LogP contribution in [0.3, 0.4) is 0 Å². The van der Waals surface area contributed by atoms with E-state index in [0.29, 0.717) is 10.9 Å². The van der Waals surface area contributed by atoms with Gasteiger partial charge in [0, 0.05) is 29.6 Å². The van der Waals surface area contributed by atoms with Crippen LogP contribution in [-0.2, 0) is 4.79 Å². The van der Waals surface area contributed by atoms with E-state index in [1.807, 2.05) is 0 Å². The zero-order valence-corrected chi connectivity index (χ0v) is 12.0. The molecule has 1 atom stereocenters. The van der Waals surface area contributed by atoms with Crippen molar-refractivity contribution in [3.05, 3.63) is 30.0 Å². The summed E-state index contributed by atoms with van der Waals surface area (Å²) in [6.45, 7) is 1.27. The smallest absolute Gasteiger partial charge is 0.308 e. The van der Waals surface area contributed by atoms with E-state index >= 15 is 0 Å². The number of aliphatic hydroxyl groups is 3. The van der Waals surface area contributed by atoms with Crippen LogP contribution in [0, 0.1) is 0 Å². The number of benzene rings is 1. The number of nitrogens with zero attached hydrogens (tertiary/aromatic N) is 1. The number of hydrogen-bond donors (Lipinski definition) is 4. The van der Waals surface area contributed by atoms with Gasteiger partial charge in [0.25, 0.3) is 5.91 Å². The summed E-state index contributed by atoms with van der Waals surface area (Å²) in [6, 6.07) is 4.98. The van der Waals surface area contributed by atoms with E-state index in [4.69, 9.17) is 4.74 Å². The van der Waals surface area contributed by atoms with E-state index in [-0.39, 0.29) is 11.3 Å². The molecule has 0 radical (unpaired) electrons. The number of hydrogen-bond acceptors (Lipinski definition) is 6. The summed E-state index contributed by atoms with van der Waals surface area (Å²) in [5, 5.41) is 30.6. The van der Waals surface area contributed by atoms with Crippen molar-refractivity contribution < 1.29 is 24.9 Å². The largest absolute Gasteiger partial charge is 0.426 e. The van der Waals surface area contributed by atoms with Crippen LogP contribution in [0.2, 0.25) is 0 Å². The minimum Gasteiger partial charge on any atom is -0.426 e. The number of aromatic nitrogens is 1. The van der Waals surface area contributed by atoms with E-state index in [2.05, 4.69) is 4.98 Å². The maximum absolute atomic E-state index is 11.2. The summed E-state index contributed by atoms with van der Waals surface area (Å²) in [6.07, 6.45) is -0.162. The van der Waals surface area contributed by atoms with E-state index in [9.17, 15) is 20.1 Å². The Morgan fingerprint density at radius 1 is 1.38 bits per heavy atom. The van der Waals surface area contributed by atoms with Gasteiger partial charge >= 0.3 is 5.97 Å². The Balaban J connectivity index is 2.57. The summed E-state index contributed by atoms with van der Waals surface area (Å²) in [7, 11) is 2.84. The van der Waals surface area contributed by atoms with Crippen molar-refractivity contribution in [3.8, 4) is 5.75 Å². The molecule has 0 aliphatic rings. The zero-order chi connectivity index (χ0) is 15.8. The second kappa shape index (κ2) is 5.45. The first-order valence-electron chi connectivity index (χ1n) is 6.33. The fraction of sp³-hybridized carbons (Fsp3) is 0.357. The van der Waals surface area contributed by atoms with Gasteiger partial charge in [-0.25, -0.2) is 0 Å². The molecule has 1 aromatic carbocycles. The number of carbonyl (C=O) groups is 1. The van der Waals surface area contributed by atoms with Crippen LogP contribution in [0.5, 0.6) is 5.75 Å². The fourth-order valence-corrected chi connectivity index (χ4v) is 2.09. The average Bonchev–Trinajstić information content (AvgIpc) is 2.81. The number of H-pyrrole nitrogens is 1. The first-order chi connectivity index (χ1) is 9.75. The standard InChI is InChI=1S/C14H18N2O5/c1-8(17)21-11-6-4-5-10-12(11)9(7-15-10)13(18)14(19,20)16(2)3/h4-7,13,15,18-20H,1-3H3. The summed E-state index contributed by atoms with van der Waals surface area (Å²) < 4.78 is 5.10. The van der Waals surface area contributed by atoms with E-state index < -0.39 is 18.0 Å². The van der Waals surface area contributed by atoms with Gasteiger partial charge in [0.2, 0.25) is 0 Å². The van der Waals surface area contributed by atoms with Crippen LogP contribution < -0.4 is 4.74 Å². The molecule has 7 nitrogen and oxygen atoms in total. The van der Waals surface area contributed by atoms with Crippen molar-refractivity contribution in [2.45, 2.75) is 18.9 Å². The Labute approximate surface area is 121 Å². The molecule has 0 fully saturated rings. The molecule has 1 unspecified atom stereocenters. The Morgan fingerprint density at radius 3 is 2.62 bits per heavy atom. The molecule has 0 spiro atoms. The Morgan fingerprint density at radius 2 is 2.05 bits per heavy atom. The fourth-order valence-electron chi connectivity index (χ4n) is 2.09. The van der Waals surface area contributed by atoms with Gasteiger partial charge in [-0.2, -0.15) is 0 Å². The van der Waals surface area contributed by atoms with Crippen molar-refractivity contribution in [1.82, 2.24) is 9.88 Å². The molecule has 114 valence electrons. The van der Waals surface area contributed by atoms with Crippen molar-refractivity contribution in [2.24, 2.45) is 0 Å². The van der Waals surface area contributed by atoms with Gasteiger partial charge in [0.15, 0.2) is 0 Å². The second-order valence-electron chi connectivity index (χ2n) is 5.00. The molecule has 0 amide bonds. The van der Waals surface area contributed by atoms with Gasteiger partial charge in [0.1, 0.15) is 11.9 Å². The highest BCUT2D eigenvalue weighted by atomic mass is 16.6. The SMILES string of the molecule is CC(=O)Oc1cccc2[nH]cc(C(O)C(O)(O)N(C)C)c12. The van der Waals surface area contributed by atoms with Gasteiger partial charge in [-0.15, -0.1) is 0 Å². The van der Waals surface area contributed by atoms with Crippen LogP contribution >= 0.6 is 0 Å². The van der Waals surface area contributed by atoms with Crippen LogP contribution in [-0.4, -0.2) is 51.2 Å². The average molecular weight is 294 g/mol. The highest BCUT2D eigenvalue weighted by Gasteiger charge is 2.38. The number of esters is 1. The molecule has 2 rings (SSSR count). The molecule has 0 aliphatic heterocycles. The van der Waals surface area contributed by atoms with E-state index in [1.165, 1.54) is 27.2 Å². The van der Waals surface area contributed by atoms with Crippen LogP contribution in [0.15, 0.2) is 24.4 Å². The number of aliphatic hydroxyl groups excluding tert-OH is 1. The summed E-state index contributed by atoms with van der Waals surface area (Å²) in [4.78, 5) is 15.1. The van der Waals surface area contributed by atoms with Gasteiger partial charge in [-0.1, -0.05) is 6.07 Å². The molecule has 0 saturated carbocycles. The number of aromatic amines is 1. The minimum absolute atomic E-state index is 0.223. The molecule has 0 aliphatic carbocycles. The maximum atomic E-state index is 11.2. The summed E-state index contributed by atoms with van der Waals surface area (Å²) >= 11 is 0. The number of likely N-dealkylation sites (N-methyl/N-ethyl adjacent to an activating group) is 1. The van der Waals surface area contributed by atoms with Crippen LogP contribution in [0.1, 0.15) is 18.6 Å². The molecular weight excluding hydrogens is 276 g/mol. The van der Waals surface area contributed by atoms with E-state index in [1.54, 1.807) is 18.2 Å². The van der Waals surface area contributed by atoms with Crippen LogP contribution in [0.25, 0.3) is 10.9 Å². The molecule has 1 heterocycles. The Kier molecular flexibility index (Phi) is 4.02. The molecule has 2 aromatic rings. The van der Waals surface area contributed by atoms with E-state index in [0.717, 1.165) is 4.90 Å². The number of fused-ring (bicyclic) bond motifs is 1. The third-order valence-corrected chi connectivity index (χ3v) is 3.27. The lowest BCUT2D eigenvalue weighted by Gasteiger charge is -2.33. The lowest BCUT2D eigenvalue weighted by molar-refractivity contribution is -0.301. The molecule has 1 aromatic heterocycles. The normalized spacial score (nSPS) is 13.7. The van der Waals surface area contributed by atoms with Gasteiger partial charge < -0.3 is 25.0 Å². The maximum Gasteiger partial charge on any atom is 0.308 e. The van der Waals surface area contributed by atoms with Crippen molar-refractivity contribution >= 4 is 16.9 Å². The first kappa shape index (κ1) is 15.5. The molecular formula is C14H18N2O5. The number of nitrogens with one attached hydrogen (secondary N) is 1. The summed E-state index contributed by atoms with van der Waals surface area (Å²) in [5.41, 5.74) is 0.831. The zero-order valence-electron chi connectivity index (χ0n) is 12.0. The van der Waals surface area contributed by atoms with Gasteiger partial charge in [0.05, 0.1) is 0 Å². The van der Waals surface area contributed by atoms with Crippen LogP contribution in [0.4, 0.5) is 0 Å². The predicted molar refractivity (Wildman–Crippen MR) is 75.4 cm³/mol. The summed E-state index contributed by atoms with van der Waals surface area (Å²) in [5.74, 6) is -2.72. The van der Waals surface area contributed by atoms with Crippen molar-refractivity contribution in [2.75, 3.05) is 14.1 Å². The Hall–Kier alpha value is -1.93. The highest BCUT2D eigenvalue weighted by molar-refractivity contribution is 5.91. The third kappa shape index (κ3) is 2.77. The molecule has 4 N–H and O–H groups in total. The number of ether oxygens (including phenoxy) is 1.